The van der Waals surface area contributed by atoms with Gasteiger partial charge in [-0.25, -0.2) is 0 Å². The molecule has 1 amide bonds. The van der Waals surface area contributed by atoms with Crippen LogP contribution in [0.3, 0.4) is 0 Å². The van der Waals surface area contributed by atoms with Crippen LogP contribution in [0, 0.1) is 6.92 Å². The first-order valence-electron chi connectivity index (χ1n) is 6.66. The molecule has 0 aliphatic carbocycles. The van der Waals surface area contributed by atoms with Crippen LogP contribution in [0.1, 0.15) is 32.3 Å². The monoisotopic (exact) mass is 264 g/mol. The Bertz CT molecular complexity index is 394. The van der Waals surface area contributed by atoms with Gasteiger partial charge < -0.3 is 15.8 Å². The molecule has 0 saturated heterocycles. The van der Waals surface area contributed by atoms with Gasteiger partial charge in [-0.1, -0.05) is 17.7 Å². The molecule has 3 N–H and O–H groups in total. The van der Waals surface area contributed by atoms with Gasteiger partial charge in [0.2, 0.25) is 5.91 Å². The molecule has 0 radical (unpaired) electrons. The van der Waals surface area contributed by atoms with Crippen LogP contribution >= 0.6 is 0 Å². The molecule has 4 heteroatoms. The first kappa shape index (κ1) is 15.5. The standard InChI is InChI=1S/C15H24N2O2/c1-12-6-8-13(9-7-12)19-11-5-4-10-17-14(18)15(2,3)16/h6-9H,4-5,10-11,16H2,1-3H3,(H,17,18). The summed E-state index contributed by atoms with van der Waals surface area (Å²) in [7, 11) is 0. The molecule has 1 rings (SSSR count). The van der Waals surface area contributed by atoms with Gasteiger partial charge in [0.05, 0.1) is 12.1 Å². The van der Waals surface area contributed by atoms with Crippen LogP contribution in [0.25, 0.3) is 0 Å². The first-order chi connectivity index (χ1) is 8.89. The van der Waals surface area contributed by atoms with Crippen molar-refractivity contribution in [3.8, 4) is 5.75 Å². The second-order valence-corrected chi connectivity index (χ2v) is 5.35. The number of carbonyl (C=O) groups excluding carboxylic acids is 1. The summed E-state index contributed by atoms with van der Waals surface area (Å²) < 4.78 is 5.60. The third-order valence-corrected chi connectivity index (χ3v) is 2.73. The van der Waals surface area contributed by atoms with Gasteiger partial charge in [-0.15, -0.1) is 0 Å². The van der Waals surface area contributed by atoms with Crippen molar-refractivity contribution in [3.63, 3.8) is 0 Å². The summed E-state index contributed by atoms with van der Waals surface area (Å²) in [4.78, 5) is 11.5. The number of amides is 1. The molecule has 0 aliphatic rings. The topological polar surface area (TPSA) is 64.3 Å². The molecule has 0 fully saturated rings. The lowest BCUT2D eigenvalue weighted by molar-refractivity contribution is -0.125. The predicted octanol–water partition coefficient (Wildman–Crippen LogP) is 2.01. The molecular formula is C15H24N2O2. The minimum Gasteiger partial charge on any atom is -0.494 e. The normalized spacial score (nSPS) is 11.2. The summed E-state index contributed by atoms with van der Waals surface area (Å²) >= 11 is 0. The van der Waals surface area contributed by atoms with E-state index in [1.165, 1.54) is 5.56 Å². The zero-order valence-electron chi connectivity index (χ0n) is 12.0. The molecule has 0 aliphatic heterocycles. The predicted molar refractivity (Wildman–Crippen MR) is 77.2 cm³/mol. The fraction of sp³-hybridized carbons (Fsp3) is 0.533. The van der Waals surface area contributed by atoms with Crippen LogP contribution in [0.4, 0.5) is 0 Å². The van der Waals surface area contributed by atoms with Gasteiger partial charge in [0.25, 0.3) is 0 Å². The quantitative estimate of drug-likeness (QED) is 0.740. The number of hydrogen-bond acceptors (Lipinski definition) is 3. The number of hydrogen-bond donors (Lipinski definition) is 2. The molecule has 106 valence electrons. The van der Waals surface area contributed by atoms with E-state index in [-0.39, 0.29) is 5.91 Å². The maximum atomic E-state index is 11.5. The van der Waals surface area contributed by atoms with E-state index in [9.17, 15) is 4.79 Å². The Kier molecular flexibility index (Phi) is 5.83. The van der Waals surface area contributed by atoms with Crippen LogP contribution in [0.15, 0.2) is 24.3 Å². The van der Waals surface area contributed by atoms with Crippen molar-refractivity contribution in [2.24, 2.45) is 5.73 Å². The summed E-state index contributed by atoms with van der Waals surface area (Å²) in [6.45, 7) is 6.73. The minimum atomic E-state index is -0.807. The Labute approximate surface area is 115 Å². The SMILES string of the molecule is Cc1ccc(OCCCCNC(=O)C(C)(C)N)cc1. The average Bonchev–Trinajstić information content (AvgIpc) is 2.34. The van der Waals surface area contributed by atoms with Gasteiger partial charge >= 0.3 is 0 Å². The van der Waals surface area contributed by atoms with Gasteiger partial charge in [0.1, 0.15) is 5.75 Å². The van der Waals surface area contributed by atoms with Crippen molar-refractivity contribution in [2.45, 2.75) is 39.2 Å². The zero-order chi connectivity index (χ0) is 14.3. The summed E-state index contributed by atoms with van der Waals surface area (Å²) in [5.41, 5.74) is 6.09. The highest BCUT2D eigenvalue weighted by molar-refractivity contribution is 5.84. The fourth-order valence-corrected chi connectivity index (χ4v) is 1.48. The summed E-state index contributed by atoms with van der Waals surface area (Å²) in [6, 6.07) is 7.99. The third kappa shape index (κ3) is 6.25. The molecule has 0 saturated carbocycles. The number of carbonyl (C=O) groups is 1. The molecule has 0 bridgehead atoms. The van der Waals surface area contributed by atoms with Crippen molar-refractivity contribution in [3.05, 3.63) is 29.8 Å². The Hall–Kier alpha value is -1.55. The molecule has 0 spiro atoms. The van der Waals surface area contributed by atoms with Crippen LogP contribution in [0.5, 0.6) is 5.75 Å². The number of ether oxygens (including phenoxy) is 1. The van der Waals surface area contributed by atoms with Crippen LogP contribution in [0.2, 0.25) is 0 Å². The maximum absolute atomic E-state index is 11.5. The van der Waals surface area contributed by atoms with E-state index in [0.29, 0.717) is 13.2 Å². The van der Waals surface area contributed by atoms with Crippen LogP contribution in [-0.4, -0.2) is 24.6 Å². The molecule has 19 heavy (non-hydrogen) atoms. The number of benzene rings is 1. The molecule has 0 aromatic heterocycles. The number of rotatable bonds is 7. The van der Waals surface area contributed by atoms with E-state index < -0.39 is 5.54 Å². The Morgan fingerprint density at radius 3 is 2.47 bits per heavy atom. The lowest BCUT2D eigenvalue weighted by atomic mass is 10.1. The lowest BCUT2D eigenvalue weighted by Crippen LogP contribution is -2.49. The average molecular weight is 264 g/mol. The number of nitrogens with two attached hydrogens (primary N) is 1. The Morgan fingerprint density at radius 2 is 1.89 bits per heavy atom. The largest absolute Gasteiger partial charge is 0.494 e. The molecule has 4 nitrogen and oxygen atoms in total. The third-order valence-electron chi connectivity index (χ3n) is 2.73. The molecule has 0 atom stereocenters. The van der Waals surface area contributed by atoms with E-state index in [1.807, 2.05) is 31.2 Å². The van der Waals surface area contributed by atoms with E-state index in [1.54, 1.807) is 13.8 Å². The van der Waals surface area contributed by atoms with Crippen molar-refractivity contribution in [1.82, 2.24) is 5.32 Å². The molecule has 0 heterocycles. The highest BCUT2D eigenvalue weighted by Crippen LogP contribution is 2.11. The van der Waals surface area contributed by atoms with Crippen LogP contribution in [-0.2, 0) is 4.79 Å². The van der Waals surface area contributed by atoms with Crippen molar-refractivity contribution >= 4 is 5.91 Å². The highest BCUT2D eigenvalue weighted by atomic mass is 16.5. The van der Waals surface area contributed by atoms with Gasteiger partial charge in [-0.2, -0.15) is 0 Å². The minimum absolute atomic E-state index is 0.119. The summed E-state index contributed by atoms with van der Waals surface area (Å²) in [6.07, 6.45) is 1.78. The van der Waals surface area contributed by atoms with E-state index in [2.05, 4.69) is 5.32 Å². The molecular weight excluding hydrogens is 240 g/mol. The van der Waals surface area contributed by atoms with Gasteiger partial charge in [-0.3, -0.25) is 4.79 Å². The molecule has 1 aromatic rings. The number of aryl methyl sites for hydroxylation is 1. The zero-order valence-corrected chi connectivity index (χ0v) is 12.0. The van der Waals surface area contributed by atoms with Gasteiger partial charge in [0.15, 0.2) is 0 Å². The van der Waals surface area contributed by atoms with Crippen molar-refractivity contribution < 1.29 is 9.53 Å². The van der Waals surface area contributed by atoms with Crippen LogP contribution < -0.4 is 15.8 Å². The van der Waals surface area contributed by atoms with Crippen molar-refractivity contribution in [2.75, 3.05) is 13.2 Å². The lowest BCUT2D eigenvalue weighted by Gasteiger charge is -2.17. The second-order valence-electron chi connectivity index (χ2n) is 5.35. The van der Waals surface area contributed by atoms with Crippen molar-refractivity contribution in [1.29, 1.82) is 0 Å². The van der Waals surface area contributed by atoms with Gasteiger partial charge in [-0.05, 0) is 45.7 Å². The second kappa shape index (κ2) is 7.14. The van der Waals surface area contributed by atoms with E-state index in [4.69, 9.17) is 10.5 Å². The number of nitrogens with one attached hydrogen (secondary N) is 1. The highest BCUT2D eigenvalue weighted by Gasteiger charge is 2.20. The van der Waals surface area contributed by atoms with E-state index >= 15 is 0 Å². The molecule has 0 unspecified atom stereocenters. The van der Waals surface area contributed by atoms with E-state index in [0.717, 1.165) is 18.6 Å². The maximum Gasteiger partial charge on any atom is 0.239 e. The summed E-state index contributed by atoms with van der Waals surface area (Å²) in [5.74, 6) is 0.768. The molecule has 1 aromatic carbocycles. The number of unbranched alkanes of at least 4 members (excludes halogenated alkanes) is 1. The summed E-state index contributed by atoms with van der Waals surface area (Å²) in [5, 5.41) is 2.81. The smallest absolute Gasteiger partial charge is 0.239 e. The first-order valence-corrected chi connectivity index (χ1v) is 6.66. The Morgan fingerprint density at radius 1 is 1.26 bits per heavy atom. The van der Waals surface area contributed by atoms with Gasteiger partial charge in [0, 0.05) is 6.54 Å². The fourth-order valence-electron chi connectivity index (χ4n) is 1.48. The Balaban J connectivity index is 2.09.